The first-order valence-electron chi connectivity index (χ1n) is 10.7. The van der Waals surface area contributed by atoms with Gasteiger partial charge in [-0.05, 0) is 57.6 Å². The van der Waals surface area contributed by atoms with Gasteiger partial charge in [0.2, 0.25) is 10.0 Å². The lowest BCUT2D eigenvalue weighted by Crippen LogP contribution is -2.40. The summed E-state index contributed by atoms with van der Waals surface area (Å²) in [5.74, 6) is 1.24. The van der Waals surface area contributed by atoms with Crippen molar-refractivity contribution >= 4 is 16.0 Å². The van der Waals surface area contributed by atoms with Crippen molar-refractivity contribution in [3.05, 3.63) is 30.3 Å². The highest BCUT2D eigenvalue weighted by Crippen LogP contribution is 2.23. The molecule has 164 valence electrons. The lowest BCUT2D eigenvalue weighted by atomic mass is 9.98. The minimum absolute atomic E-state index is 0.374. The maximum absolute atomic E-state index is 12.7. The third-order valence-corrected chi connectivity index (χ3v) is 6.93. The fourth-order valence-corrected chi connectivity index (χ4v) is 4.81. The van der Waals surface area contributed by atoms with E-state index in [4.69, 9.17) is 9.73 Å². The van der Waals surface area contributed by atoms with Gasteiger partial charge in [-0.1, -0.05) is 18.2 Å². The second kappa shape index (κ2) is 12.8. The minimum atomic E-state index is -3.38. The largest absolute Gasteiger partial charge is 0.382 e. The Balaban J connectivity index is 1.77. The van der Waals surface area contributed by atoms with E-state index in [1.54, 1.807) is 28.6 Å². The monoisotopic (exact) mass is 424 g/mol. The molecule has 0 unspecified atom stereocenters. The summed E-state index contributed by atoms with van der Waals surface area (Å²) in [6, 6.07) is 8.68. The first kappa shape index (κ1) is 23.6. The van der Waals surface area contributed by atoms with Crippen molar-refractivity contribution in [3.8, 4) is 0 Å². The van der Waals surface area contributed by atoms with Crippen molar-refractivity contribution in [2.75, 3.05) is 45.9 Å². The molecule has 8 heteroatoms. The summed E-state index contributed by atoms with van der Waals surface area (Å²) in [6.45, 7) is 9.14. The minimum Gasteiger partial charge on any atom is -0.382 e. The summed E-state index contributed by atoms with van der Waals surface area (Å²) in [4.78, 5) is 5.09. The fraction of sp³-hybridized carbons (Fsp3) is 0.667. The highest BCUT2D eigenvalue weighted by molar-refractivity contribution is 7.89. The standard InChI is InChI=1S/C21H36N4O3S/c1-3-22-21(23-14-8-9-17-28-4-2)24-18-19-12-15-25(16-13-19)29(26,27)20-10-6-5-7-11-20/h5-7,10-11,19H,3-4,8-9,12-18H2,1-2H3,(H2,22,23,24). The second-order valence-electron chi connectivity index (χ2n) is 7.21. The highest BCUT2D eigenvalue weighted by Gasteiger charge is 2.29. The van der Waals surface area contributed by atoms with Crippen LogP contribution in [0.25, 0.3) is 0 Å². The molecule has 0 saturated carbocycles. The lowest BCUT2D eigenvalue weighted by Gasteiger charge is -2.30. The summed E-state index contributed by atoms with van der Waals surface area (Å²) in [5, 5.41) is 6.65. The van der Waals surface area contributed by atoms with E-state index in [9.17, 15) is 8.42 Å². The fourth-order valence-electron chi connectivity index (χ4n) is 3.32. The molecule has 0 aliphatic carbocycles. The maximum atomic E-state index is 12.7. The molecule has 0 spiro atoms. The molecule has 2 rings (SSSR count). The Hall–Kier alpha value is -1.64. The van der Waals surface area contributed by atoms with Gasteiger partial charge in [0, 0.05) is 45.9 Å². The zero-order valence-electron chi connectivity index (χ0n) is 17.8. The first-order chi connectivity index (χ1) is 14.1. The molecule has 1 fully saturated rings. The lowest BCUT2D eigenvalue weighted by molar-refractivity contribution is 0.143. The number of aliphatic imine (C=N–C) groups is 1. The number of nitrogens with one attached hydrogen (secondary N) is 2. The van der Waals surface area contributed by atoms with Gasteiger partial charge in [-0.15, -0.1) is 0 Å². The molecule has 0 radical (unpaired) electrons. The quantitative estimate of drug-likeness (QED) is 0.324. The molecule has 1 aliphatic rings. The van der Waals surface area contributed by atoms with E-state index in [0.29, 0.717) is 30.4 Å². The van der Waals surface area contributed by atoms with Gasteiger partial charge in [-0.3, -0.25) is 4.99 Å². The van der Waals surface area contributed by atoms with Gasteiger partial charge in [-0.25, -0.2) is 8.42 Å². The molecular weight excluding hydrogens is 388 g/mol. The summed E-state index contributed by atoms with van der Waals surface area (Å²) in [6.07, 6.45) is 3.75. The number of nitrogens with zero attached hydrogens (tertiary/aromatic N) is 2. The number of sulfonamides is 1. The summed E-state index contributed by atoms with van der Waals surface area (Å²) in [7, 11) is -3.38. The molecule has 1 aliphatic heterocycles. The van der Waals surface area contributed by atoms with E-state index in [-0.39, 0.29) is 0 Å². The topological polar surface area (TPSA) is 83.0 Å². The second-order valence-corrected chi connectivity index (χ2v) is 9.15. The average Bonchev–Trinajstić information content (AvgIpc) is 2.75. The van der Waals surface area contributed by atoms with E-state index >= 15 is 0 Å². The number of guanidine groups is 1. The Bertz CT molecular complexity index is 702. The van der Waals surface area contributed by atoms with Crippen LogP contribution in [-0.4, -0.2) is 64.6 Å². The number of ether oxygens (including phenoxy) is 1. The van der Waals surface area contributed by atoms with Gasteiger partial charge in [0.15, 0.2) is 5.96 Å². The van der Waals surface area contributed by atoms with Crippen molar-refractivity contribution in [1.82, 2.24) is 14.9 Å². The molecular formula is C21H36N4O3S. The van der Waals surface area contributed by atoms with Crippen molar-refractivity contribution < 1.29 is 13.2 Å². The van der Waals surface area contributed by atoms with Crippen LogP contribution in [0.2, 0.25) is 0 Å². The molecule has 1 heterocycles. The van der Waals surface area contributed by atoms with E-state index < -0.39 is 10.0 Å². The molecule has 1 saturated heterocycles. The number of unbranched alkanes of at least 4 members (excludes halogenated alkanes) is 1. The summed E-state index contributed by atoms with van der Waals surface area (Å²) >= 11 is 0. The van der Waals surface area contributed by atoms with Gasteiger partial charge >= 0.3 is 0 Å². The van der Waals surface area contributed by atoms with Gasteiger partial charge < -0.3 is 15.4 Å². The molecule has 0 aromatic heterocycles. The highest BCUT2D eigenvalue weighted by atomic mass is 32.2. The van der Waals surface area contributed by atoms with Crippen LogP contribution < -0.4 is 10.6 Å². The Kier molecular flexibility index (Phi) is 10.5. The van der Waals surface area contributed by atoms with E-state index in [2.05, 4.69) is 17.6 Å². The van der Waals surface area contributed by atoms with Gasteiger partial charge in [0.1, 0.15) is 0 Å². The van der Waals surface area contributed by atoms with E-state index in [1.807, 2.05) is 13.0 Å². The van der Waals surface area contributed by atoms with Crippen LogP contribution >= 0.6 is 0 Å². The predicted molar refractivity (Wildman–Crippen MR) is 118 cm³/mol. The van der Waals surface area contributed by atoms with Gasteiger partial charge in [0.25, 0.3) is 0 Å². The third kappa shape index (κ3) is 7.95. The van der Waals surface area contributed by atoms with Crippen molar-refractivity contribution in [2.45, 2.75) is 44.4 Å². The number of rotatable bonds is 11. The van der Waals surface area contributed by atoms with Crippen LogP contribution in [0.15, 0.2) is 40.2 Å². The third-order valence-electron chi connectivity index (χ3n) is 5.02. The molecule has 0 atom stereocenters. The van der Waals surface area contributed by atoms with Crippen LogP contribution in [0.5, 0.6) is 0 Å². The van der Waals surface area contributed by atoms with Crippen molar-refractivity contribution in [3.63, 3.8) is 0 Å². The first-order valence-corrected chi connectivity index (χ1v) is 12.2. The van der Waals surface area contributed by atoms with Gasteiger partial charge in [0.05, 0.1) is 4.90 Å². The molecule has 1 aromatic rings. The Morgan fingerprint density at radius 2 is 1.86 bits per heavy atom. The van der Waals surface area contributed by atoms with Crippen LogP contribution in [0.3, 0.4) is 0 Å². The summed E-state index contributed by atoms with van der Waals surface area (Å²) < 4.78 is 32.4. The van der Waals surface area contributed by atoms with Crippen LogP contribution in [0.1, 0.15) is 39.5 Å². The predicted octanol–water partition coefficient (Wildman–Crippen LogP) is 2.46. The SMILES string of the molecule is CCNC(=NCC1CCN(S(=O)(=O)c2ccccc2)CC1)NCCCCOCC. The Morgan fingerprint density at radius 1 is 1.14 bits per heavy atom. The van der Waals surface area contributed by atoms with Crippen LogP contribution in [0.4, 0.5) is 0 Å². The van der Waals surface area contributed by atoms with Crippen molar-refractivity contribution in [2.24, 2.45) is 10.9 Å². The number of hydrogen-bond donors (Lipinski definition) is 2. The van der Waals surface area contributed by atoms with Crippen molar-refractivity contribution in [1.29, 1.82) is 0 Å². The summed E-state index contributed by atoms with van der Waals surface area (Å²) in [5.41, 5.74) is 0. The average molecular weight is 425 g/mol. The van der Waals surface area contributed by atoms with Crippen LogP contribution in [-0.2, 0) is 14.8 Å². The number of benzene rings is 1. The molecule has 0 bridgehead atoms. The maximum Gasteiger partial charge on any atom is 0.243 e. The van der Waals surface area contributed by atoms with Crippen LogP contribution in [0, 0.1) is 5.92 Å². The molecule has 7 nitrogen and oxygen atoms in total. The Morgan fingerprint density at radius 3 is 2.52 bits per heavy atom. The zero-order chi connectivity index (χ0) is 21.0. The Labute approximate surface area is 176 Å². The smallest absolute Gasteiger partial charge is 0.243 e. The molecule has 1 aromatic carbocycles. The zero-order valence-corrected chi connectivity index (χ0v) is 18.6. The molecule has 2 N–H and O–H groups in total. The van der Waals surface area contributed by atoms with Gasteiger partial charge in [-0.2, -0.15) is 4.31 Å². The molecule has 29 heavy (non-hydrogen) atoms. The molecule has 0 amide bonds. The number of hydrogen-bond acceptors (Lipinski definition) is 4. The normalized spacial score (nSPS) is 16.7. The number of piperidine rings is 1. The van der Waals surface area contributed by atoms with E-state index in [1.165, 1.54) is 0 Å². The van der Waals surface area contributed by atoms with E-state index in [0.717, 1.165) is 57.9 Å².